The van der Waals surface area contributed by atoms with Crippen LogP contribution >= 0.6 is 0 Å². The number of nitrogen functional groups attached to an aromatic ring is 1. The van der Waals surface area contributed by atoms with E-state index in [1.165, 1.54) is 0 Å². The fraction of sp³-hybridized carbons (Fsp3) is 0.385. The topological polar surface area (TPSA) is 137 Å². The SMILES string of the molecule is CC(C)(C)[C@@H]1O[C@H](c2ccncc2CC(=O)c2nc(-c3ccccc3)cnc2N)C[C@@H](N)[C@H]1O. The molecule has 1 saturated heterocycles. The van der Waals surface area contributed by atoms with Crippen molar-refractivity contribution in [1.29, 1.82) is 0 Å². The second-order valence-corrected chi connectivity index (χ2v) is 9.83. The lowest BCUT2D eigenvalue weighted by atomic mass is 9.79. The van der Waals surface area contributed by atoms with Crippen molar-refractivity contribution in [2.75, 3.05) is 5.73 Å². The number of Topliss-reactive ketones (excluding diaryl/α,β-unsaturated/α-hetero) is 1. The van der Waals surface area contributed by atoms with Crippen molar-refractivity contribution >= 4 is 11.6 Å². The third-order valence-corrected chi connectivity index (χ3v) is 6.17. The van der Waals surface area contributed by atoms with E-state index in [1.807, 2.05) is 57.2 Å². The van der Waals surface area contributed by atoms with Gasteiger partial charge in [0.2, 0.25) is 0 Å². The lowest BCUT2D eigenvalue weighted by Crippen LogP contribution is -2.54. The molecule has 0 amide bonds. The van der Waals surface area contributed by atoms with E-state index in [0.29, 0.717) is 17.7 Å². The van der Waals surface area contributed by atoms with Crippen LogP contribution in [-0.2, 0) is 11.2 Å². The zero-order valence-electron chi connectivity index (χ0n) is 19.7. The van der Waals surface area contributed by atoms with Gasteiger partial charge in [0.1, 0.15) is 5.69 Å². The number of aliphatic hydroxyl groups excluding tert-OH is 1. The van der Waals surface area contributed by atoms with Crippen LogP contribution in [0.3, 0.4) is 0 Å². The number of carbonyl (C=O) groups excluding carboxylic acids is 1. The van der Waals surface area contributed by atoms with Gasteiger partial charge in [-0.15, -0.1) is 0 Å². The van der Waals surface area contributed by atoms with Gasteiger partial charge in [-0.1, -0.05) is 51.1 Å². The summed E-state index contributed by atoms with van der Waals surface area (Å²) in [6.45, 7) is 6.02. The first-order chi connectivity index (χ1) is 16.1. The number of hydrogen-bond acceptors (Lipinski definition) is 8. The van der Waals surface area contributed by atoms with Crippen molar-refractivity contribution < 1.29 is 14.6 Å². The number of nitrogens with zero attached hydrogens (tertiary/aromatic N) is 3. The van der Waals surface area contributed by atoms with Gasteiger partial charge in [-0.3, -0.25) is 9.78 Å². The molecule has 0 spiro atoms. The van der Waals surface area contributed by atoms with Crippen LogP contribution in [0.4, 0.5) is 5.82 Å². The molecular formula is C26H31N5O3. The fourth-order valence-corrected chi connectivity index (χ4v) is 4.35. The quantitative estimate of drug-likeness (QED) is 0.493. The van der Waals surface area contributed by atoms with Gasteiger partial charge in [0.25, 0.3) is 0 Å². The van der Waals surface area contributed by atoms with Crippen molar-refractivity contribution in [2.24, 2.45) is 11.1 Å². The highest BCUT2D eigenvalue weighted by molar-refractivity contribution is 5.99. The van der Waals surface area contributed by atoms with E-state index in [-0.39, 0.29) is 35.2 Å². The number of carbonyl (C=O) groups is 1. The number of ketones is 1. The molecule has 8 nitrogen and oxygen atoms in total. The summed E-state index contributed by atoms with van der Waals surface area (Å²) in [6, 6.07) is 10.9. The molecule has 0 unspecified atom stereocenters. The van der Waals surface area contributed by atoms with Gasteiger partial charge >= 0.3 is 0 Å². The molecule has 1 aliphatic heterocycles. The van der Waals surface area contributed by atoms with Gasteiger partial charge in [0.05, 0.1) is 30.2 Å². The number of aromatic nitrogens is 3. The van der Waals surface area contributed by atoms with E-state index < -0.39 is 18.2 Å². The lowest BCUT2D eigenvalue weighted by Gasteiger charge is -2.44. The minimum atomic E-state index is -0.765. The molecule has 4 rings (SSSR count). The van der Waals surface area contributed by atoms with Crippen LogP contribution in [0.25, 0.3) is 11.3 Å². The molecule has 1 aliphatic rings. The molecule has 3 heterocycles. The van der Waals surface area contributed by atoms with Crippen molar-refractivity contribution in [3.05, 3.63) is 71.8 Å². The minimum absolute atomic E-state index is 0.0398. The van der Waals surface area contributed by atoms with E-state index in [2.05, 4.69) is 15.0 Å². The standard InChI is InChI=1S/C26H31N5O3/c1-26(2,3)24-23(33)18(27)12-21(34-24)17-9-10-29-13-16(17)11-20(32)22-25(28)30-14-19(31-22)15-7-5-4-6-8-15/h4-10,13-14,18,21,23-24,33H,11-12,27H2,1-3H3,(H2,28,30)/t18-,21+,23-,24-/m1/s1. The summed E-state index contributed by atoms with van der Waals surface area (Å²) in [5.41, 5.74) is 15.1. The van der Waals surface area contributed by atoms with E-state index in [9.17, 15) is 9.90 Å². The zero-order chi connectivity index (χ0) is 24.5. The van der Waals surface area contributed by atoms with Gasteiger partial charge < -0.3 is 21.3 Å². The Morgan fingerprint density at radius 1 is 1.18 bits per heavy atom. The largest absolute Gasteiger partial charge is 0.389 e. The van der Waals surface area contributed by atoms with Gasteiger partial charge in [-0.25, -0.2) is 9.97 Å². The number of nitrogens with two attached hydrogens (primary N) is 2. The van der Waals surface area contributed by atoms with Crippen LogP contribution in [0, 0.1) is 5.41 Å². The second kappa shape index (κ2) is 9.58. The van der Waals surface area contributed by atoms with Gasteiger partial charge in [0, 0.05) is 30.4 Å². The highest BCUT2D eigenvalue weighted by Gasteiger charge is 2.42. The Balaban J connectivity index is 1.61. The van der Waals surface area contributed by atoms with Crippen molar-refractivity contribution in [2.45, 2.75) is 58.0 Å². The third kappa shape index (κ3) is 4.99. The number of benzene rings is 1. The first-order valence-electron chi connectivity index (χ1n) is 11.4. The van der Waals surface area contributed by atoms with Gasteiger partial charge in [0.15, 0.2) is 11.6 Å². The first kappa shape index (κ1) is 23.9. The van der Waals surface area contributed by atoms with Crippen LogP contribution in [0.15, 0.2) is 55.0 Å². The van der Waals surface area contributed by atoms with Crippen LogP contribution in [0.5, 0.6) is 0 Å². The molecule has 0 bridgehead atoms. The number of rotatable bonds is 5. The highest BCUT2D eigenvalue weighted by Crippen LogP contribution is 2.39. The van der Waals surface area contributed by atoms with Gasteiger partial charge in [-0.05, 0) is 29.0 Å². The van der Waals surface area contributed by atoms with E-state index in [1.54, 1.807) is 18.6 Å². The summed E-state index contributed by atoms with van der Waals surface area (Å²) in [4.78, 5) is 26.2. The molecule has 4 atom stereocenters. The normalized spacial score (nSPS) is 23.0. The molecule has 3 aromatic rings. The smallest absolute Gasteiger partial charge is 0.189 e. The van der Waals surface area contributed by atoms with E-state index in [0.717, 1.165) is 11.1 Å². The molecular weight excluding hydrogens is 430 g/mol. The summed E-state index contributed by atoms with van der Waals surface area (Å²) >= 11 is 0. The Hall–Kier alpha value is -3.20. The summed E-state index contributed by atoms with van der Waals surface area (Å²) in [6.07, 6.45) is 3.78. The molecule has 178 valence electrons. The molecule has 8 heteroatoms. The summed E-state index contributed by atoms with van der Waals surface area (Å²) < 4.78 is 6.33. The van der Waals surface area contributed by atoms with E-state index in [4.69, 9.17) is 16.2 Å². The lowest BCUT2D eigenvalue weighted by molar-refractivity contribution is -0.167. The molecule has 0 radical (unpaired) electrons. The Morgan fingerprint density at radius 3 is 2.62 bits per heavy atom. The maximum Gasteiger partial charge on any atom is 0.189 e. The maximum atomic E-state index is 13.3. The maximum absolute atomic E-state index is 13.3. The van der Waals surface area contributed by atoms with Crippen molar-refractivity contribution in [3.8, 4) is 11.3 Å². The predicted molar refractivity (Wildman–Crippen MR) is 130 cm³/mol. The highest BCUT2D eigenvalue weighted by atomic mass is 16.5. The minimum Gasteiger partial charge on any atom is -0.389 e. The number of ether oxygens (including phenoxy) is 1. The average Bonchev–Trinajstić information content (AvgIpc) is 2.81. The van der Waals surface area contributed by atoms with Crippen LogP contribution in [-0.4, -0.2) is 44.1 Å². The Labute approximate surface area is 199 Å². The van der Waals surface area contributed by atoms with Crippen molar-refractivity contribution in [3.63, 3.8) is 0 Å². The van der Waals surface area contributed by atoms with Crippen LogP contribution in [0.1, 0.15) is 54.9 Å². The fourth-order valence-electron chi connectivity index (χ4n) is 4.35. The molecule has 34 heavy (non-hydrogen) atoms. The Kier molecular flexibility index (Phi) is 6.74. The molecule has 1 fully saturated rings. The number of aliphatic hydroxyl groups is 1. The predicted octanol–water partition coefficient (Wildman–Crippen LogP) is 3.11. The first-order valence-corrected chi connectivity index (χ1v) is 11.4. The second-order valence-electron chi connectivity index (χ2n) is 9.83. The Bertz CT molecular complexity index is 1160. The van der Waals surface area contributed by atoms with Gasteiger partial charge in [-0.2, -0.15) is 0 Å². The number of anilines is 1. The summed E-state index contributed by atoms with van der Waals surface area (Å²) in [7, 11) is 0. The van der Waals surface area contributed by atoms with E-state index >= 15 is 0 Å². The molecule has 1 aromatic carbocycles. The Morgan fingerprint density at radius 2 is 1.91 bits per heavy atom. The summed E-state index contributed by atoms with van der Waals surface area (Å²) in [5, 5.41) is 10.6. The number of pyridine rings is 1. The average molecular weight is 462 g/mol. The molecule has 5 N–H and O–H groups in total. The number of hydrogen-bond donors (Lipinski definition) is 3. The third-order valence-electron chi connectivity index (χ3n) is 6.17. The zero-order valence-corrected chi connectivity index (χ0v) is 19.7. The van der Waals surface area contributed by atoms with Crippen LogP contribution < -0.4 is 11.5 Å². The van der Waals surface area contributed by atoms with Crippen molar-refractivity contribution in [1.82, 2.24) is 15.0 Å². The van der Waals surface area contributed by atoms with Crippen LogP contribution in [0.2, 0.25) is 0 Å². The molecule has 0 saturated carbocycles. The molecule has 2 aromatic heterocycles. The monoisotopic (exact) mass is 461 g/mol. The summed E-state index contributed by atoms with van der Waals surface area (Å²) in [5.74, 6) is -0.175. The molecule has 0 aliphatic carbocycles.